The van der Waals surface area contributed by atoms with Gasteiger partial charge in [-0.15, -0.1) is 0 Å². The summed E-state index contributed by atoms with van der Waals surface area (Å²) in [5.41, 5.74) is 1.87. The van der Waals surface area contributed by atoms with Crippen LogP contribution in [0.15, 0.2) is 66.7 Å². The summed E-state index contributed by atoms with van der Waals surface area (Å²) in [6.07, 6.45) is 9.26. The molecular weight excluding hydrogens is 363 g/mol. The van der Waals surface area contributed by atoms with Gasteiger partial charge in [-0.2, -0.15) is 0 Å². The number of allylic oxidation sites excluding steroid dienone is 1. The fraction of sp³-hybridized carbons (Fsp3) is 0.400. The van der Waals surface area contributed by atoms with E-state index in [0.717, 1.165) is 49.1 Å². The highest BCUT2D eigenvalue weighted by Crippen LogP contribution is 2.61. The van der Waals surface area contributed by atoms with Gasteiger partial charge in [0.25, 0.3) is 0 Å². The fourth-order valence-corrected chi connectivity index (χ4v) is 7.30. The summed E-state index contributed by atoms with van der Waals surface area (Å²) in [6, 6.07) is 19.8. The summed E-state index contributed by atoms with van der Waals surface area (Å²) >= 11 is 0. The Balaban J connectivity index is 2.26. The highest BCUT2D eigenvalue weighted by atomic mass is 31.2. The molecule has 0 aliphatic heterocycles. The molecule has 0 aliphatic rings. The quantitative estimate of drug-likeness (QED) is 0.277. The first kappa shape index (κ1) is 22.4. The standard InChI is InChI=1S/C25H33O2P/c1-3-5-19-28(27,20-6-4-2)25(23-15-11-8-12-16-23)21-24(26)18-17-22-13-9-7-10-14-22/h7-18,25H,3-6,19-21H2,1-2H3/b18-17+. The van der Waals surface area contributed by atoms with Gasteiger partial charge in [0.2, 0.25) is 0 Å². The summed E-state index contributed by atoms with van der Waals surface area (Å²) in [7, 11) is -2.49. The minimum absolute atomic E-state index is 0.0472. The molecule has 2 aromatic rings. The lowest BCUT2D eigenvalue weighted by Gasteiger charge is -2.28. The van der Waals surface area contributed by atoms with E-state index in [4.69, 9.17) is 0 Å². The third kappa shape index (κ3) is 6.91. The molecule has 0 N–H and O–H groups in total. The minimum atomic E-state index is -2.49. The molecule has 0 amide bonds. The molecule has 0 heterocycles. The van der Waals surface area contributed by atoms with Crippen LogP contribution in [-0.4, -0.2) is 18.1 Å². The number of carbonyl (C=O) groups excluding carboxylic acids is 1. The Hall–Kier alpha value is -1.92. The van der Waals surface area contributed by atoms with E-state index in [1.807, 2.05) is 66.7 Å². The van der Waals surface area contributed by atoms with Crippen LogP contribution in [0.2, 0.25) is 0 Å². The monoisotopic (exact) mass is 396 g/mol. The van der Waals surface area contributed by atoms with Crippen LogP contribution >= 0.6 is 7.14 Å². The molecule has 2 rings (SSSR count). The van der Waals surface area contributed by atoms with Gasteiger partial charge < -0.3 is 4.57 Å². The average Bonchev–Trinajstić information content (AvgIpc) is 2.74. The van der Waals surface area contributed by atoms with Crippen molar-refractivity contribution < 1.29 is 9.36 Å². The van der Waals surface area contributed by atoms with Crippen molar-refractivity contribution in [3.05, 3.63) is 77.9 Å². The predicted octanol–water partition coefficient (Wildman–Crippen LogP) is 7.36. The fourth-order valence-electron chi connectivity index (χ4n) is 3.52. The molecule has 2 nitrogen and oxygen atoms in total. The van der Waals surface area contributed by atoms with Gasteiger partial charge in [-0.3, -0.25) is 4.79 Å². The predicted molar refractivity (Wildman–Crippen MR) is 121 cm³/mol. The molecule has 0 aliphatic carbocycles. The first-order valence-electron chi connectivity index (χ1n) is 10.5. The van der Waals surface area contributed by atoms with Gasteiger partial charge >= 0.3 is 0 Å². The third-order valence-corrected chi connectivity index (χ3v) is 8.95. The Bertz CT molecular complexity index is 769. The van der Waals surface area contributed by atoms with Crippen molar-refractivity contribution in [1.29, 1.82) is 0 Å². The van der Waals surface area contributed by atoms with Gasteiger partial charge in [-0.05, 0) is 30.0 Å². The van der Waals surface area contributed by atoms with Crippen LogP contribution in [0.25, 0.3) is 6.08 Å². The molecule has 2 aromatic carbocycles. The van der Waals surface area contributed by atoms with Gasteiger partial charge in [0, 0.05) is 24.4 Å². The maximum Gasteiger partial charge on any atom is 0.156 e. The molecule has 0 spiro atoms. The van der Waals surface area contributed by atoms with E-state index in [1.165, 1.54) is 0 Å². The normalized spacial score (nSPS) is 12.9. The van der Waals surface area contributed by atoms with Crippen molar-refractivity contribution in [2.45, 2.75) is 51.6 Å². The van der Waals surface area contributed by atoms with Gasteiger partial charge in [-0.25, -0.2) is 0 Å². The summed E-state index contributed by atoms with van der Waals surface area (Å²) in [5.74, 6) is 0.0472. The Morgan fingerprint density at radius 1 is 0.893 bits per heavy atom. The minimum Gasteiger partial charge on any atom is -0.323 e. The molecule has 1 unspecified atom stereocenters. The van der Waals surface area contributed by atoms with E-state index < -0.39 is 7.14 Å². The maximum absolute atomic E-state index is 14.1. The van der Waals surface area contributed by atoms with Crippen LogP contribution in [0.3, 0.4) is 0 Å². The highest BCUT2D eigenvalue weighted by molar-refractivity contribution is 7.64. The Kier molecular flexibility index (Phi) is 9.44. The van der Waals surface area contributed by atoms with Crippen LogP contribution in [0.5, 0.6) is 0 Å². The zero-order valence-electron chi connectivity index (χ0n) is 17.2. The van der Waals surface area contributed by atoms with Crippen molar-refractivity contribution in [1.82, 2.24) is 0 Å². The second-order valence-corrected chi connectivity index (χ2v) is 10.9. The van der Waals surface area contributed by atoms with Crippen LogP contribution in [0.1, 0.15) is 62.7 Å². The summed E-state index contributed by atoms with van der Waals surface area (Å²) in [5, 5.41) is 0. The van der Waals surface area contributed by atoms with E-state index in [-0.39, 0.29) is 11.4 Å². The van der Waals surface area contributed by atoms with Crippen molar-refractivity contribution in [2.75, 3.05) is 12.3 Å². The average molecular weight is 397 g/mol. The highest BCUT2D eigenvalue weighted by Gasteiger charge is 2.34. The van der Waals surface area contributed by atoms with Crippen molar-refractivity contribution in [3.8, 4) is 0 Å². The second kappa shape index (κ2) is 11.8. The SMILES string of the molecule is CCCCP(=O)(CCCC)C(CC(=O)/C=C/c1ccccc1)c1ccccc1. The smallest absolute Gasteiger partial charge is 0.156 e. The molecule has 0 bridgehead atoms. The van der Waals surface area contributed by atoms with Crippen LogP contribution in [0, 0.1) is 0 Å². The lowest BCUT2D eigenvalue weighted by atomic mass is 10.1. The summed E-state index contributed by atoms with van der Waals surface area (Å²) in [4.78, 5) is 12.8. The Labute approximate surface area is 170 Å². The van der Waals surface area contributed by atoms with Crippen molar-refractivity contribution in [2.24, 2.45) is 0 Å². The number of ketones is 1. The van der Waals surface area contributed by atoms with Gasteiger partial charge in [-0.1, -0.05) is 93.4 Å². The molecule has 0 fully saturated rings. The van der Waals surface area contributed by atoms with Gasteiger partial charge in [0.05, 0.1) is 7.14 Å². The van der Waals surface area contributed by atoms with E-state index in [0.29, 0.717) is 6.42 Å². The maximum atomic E-state index is 14.1. The van der Waals surface area contributed by atoms with Crippen molar-refractivity contribution >= 4 is 19.0 Å². The topological polar surface area (TPSA) is 34.1 Å². The number of carbonyl (C=O) groups is 1. The van der Waals surface area contributed by atoms with E-state index in [9.17, 15) is 9.36 Å². The first-order valence-corrected chi connectivity index (χ1v) is 12.6. The molecule has 3 heteroatoms. The number of rotatable bonds is 12. The molecule has 0 radical (unpaired) electrons. The number of hydrogen-bond acceptors (Lipinski definition) is 2. The zero-order chi connectivity index (χ0) is 20.2. The molecule has 0 aromatic heterocycles. The van der Waals surface area contributed by atoms with Gasteiger partial charge in [0.15, 0.2) is 5.78 Å². The molecule has 28 heavy (non-hydrogen) atoms. The van der Waals surface area contributed by atoms with Crippen LogP contribution < -0.4 is 0 Å². The number of hydrogen-bond donors (Lipinski definition) is 0. The number of unbranched alkanes of at least 4 members (excludes halogenated alkanes) is 2. The van der Waals surface area contributed by atoms with Gasteiger partial charge in [0.1, 0.15) is 0 Å². The molecular formula is C25H33O2P. The summed E-state index contributed by atoms with van der Waals surface area (Å²) < 4.78 is 14.1. The summed E-state index contributed by atoms with van der Waals surface area (Å²) in [6.45, 7) is 4.27. The third-order valence-electron chi connectivity index (χ3n) is 5.19. The van der Waals surface area contributed by atoms with E-state index in [1.54, 1.807) is 6.08 Å². The molecule has 150 valence electrons. The van der Waals surface area contributed by atoms with Crippen molar-refractivity contribution in [3.63, 3.8) is 0 Å². The van der Waals surface area contributed by atoms with E-state index in [2.05, 4.69) is 13.8 Å². The van der Waals surface area contributed by atoms with Crippen LogP contribution in [0.4, 0.5) is 0 Å². The molecule has 1 atom stereocenters. The van der Waals surface area contributed by atoms with E-state index >= 15 is 0 Å². The zero-order valence-corrected chi connectivity index (χ0v) is 18.1. The largest absolute Gasteiger partial charge is 0.323 e. The molecule has 0 saturated carbocycles. The first-order chi connectivity index (χ1) is 13.6. The second-order valence-electron chi connectivity index (χ2n) is 7.45. The number of benzene rings is 2. The lowest BCUT2D eigenvalue weighted by molar-refractivity contribution is -0.114. The Morgan fingerprint density at radius 3 is 1.96 bits per heavy atom. The molecule has 0 saturated heterocycles. The lowest BCUT2D eigenvalue weighted by Crippen LogP contribution is -2.11. The van der Waals surface area contributed by atoms with Crippen LogP contribution in [-0.2, 0) is 9.36 Å². The Morgan fingerprint density at radius 2 is 1.43 bits per heavy atom.